The molecule has 1 aromatic rings. The molecule has 0 aliphatic rings. The quantitative estimate of drug-likeness (QED) is 0.597. The van der Waals surface area contributed by atoms with E-state index >= 15 is 0 Å². The van der Waals surface area contributed by atoms with Crippen molar-refractivity contribution < 1.29 is 19.2 Å². The number of rotatable bonds is 6. The van der Waals surface area contributed by atoms with Crippen molar-refractivity contribution in [1.82, 2.24) is 20.8 Å². The molecule has 3 N–H and O–H groups in total. The third-order valence-electron chi connectivity index (χ3n) is 1.82. The lowest BCUT2D eigenvalue weighted by Gasteiger charge is -2.12. The molecule has 1 aromatic heterocycles. The summed E-state index contributed by atoms with van der Waals surface area (Å²) in [6, 6.07) is -1.62. The Labute approximate surface area is 96.7 Å². The van der Waals surface area contributed by atoms with Gasteiger partial charge in [-0.1, -0.05) is 11.2 Å². The smallest absolute Gasteiger partial charge is 0.326 e. The summed E-state index contributed by atoms with van der Waals surface area (Å²) in [6.07, 6.45) is 2.69. The Morgan fingerprint density at radius 1 is 1.65 bits per heavy atom. The van der Waals surface area contributed by atoms with Crippen LogP contribution in [0.1, 0.15) is 12.2 Å². The van der Waals surface area contributed by atoms with Crippen LogP contribution in [0.15, 0.2) is 23.6 Å². The molecule has 92 valence electrons. The van der Waals surface area contributed by atoms with E-state index in [1.165, 1.54) is 6.08 Å². The molecule has 0 aliphatic heterocycles. The molecular weight excluding hydrogens is 228 g/mol. The van der Waals surface area contributed by atoms with E-state index in [2.05, 4.69) is 31.9 Å². The topological polar surface area (TPSA) is 117 Å². The van der Waals surface area contributed by atoms with E-state index < -0.39 is 18.0 Å². The van der Waals surface area contributed by atoms with Crippen LogP contribution in [0.2, 0.25) is 0 Å². The van der Waals surface area contributed by atoms with Crippen molar-refractivity contribution >= 4 is 12.0 Å². The molecule has 0 bridgehead atoms. The molecule has 1 unspecified atom stereocenters. The Bertz CT molecular complexity index is 390. The maximum Gasteiger partial charge on any atom is 0.326 e. The van der Waals surface area contributed by atoms with Gasteiger partial charge in [0.2, 0.25) is 6.39 Å². The summed E-state index contributed by atoms with van der Waals surface area (Å²) in [4.78, 5) is 25.7. The van der Waals surface area contributed by atoms with Gasteiger partial charge in [0, 0.05) is 0 Å². The Balaban J connectivity index is 2.37. The van der Waals surface area contributed by atoms with Gasteiger partial charge in [-0.25, -0.2) is 9.59 Å². The van der Waals surface area contributed by atoms with Crippen LogP contribution in [-0.4, -0.2) is 33.3 Å². The molecule has 0 aliphatic carbocycles. The SMILES string of the molecule is C=CCC(NC(=O)NCc1ncon1)C(=O)O. The minimum Gasteiger partial charge on any atom is -0.480 e. The number of carboxylic acid groups (broad SMARTS) is 1. The van der Waals surface area contributed by atoms with E-state index in [1.807, 2.05) is 0 Å². The molecule has 0 saturated carbocycles. The van der Waals surface area contributed by atoms with Gasteiger partial charge >= 0.3 is 12.0 Å². The summed E-state index contributed by atoms with van der Waals surface area (Å²) in [5, 5.41) is 16.9. The van der Waals surface area contributed by atoms with Gasteiger partial charge in [-0.2, -0.15) is 4.98 Å². The minimum absolute atomic E-state index is 0.0583. The molecule has 0 spiro atoms. The van der Waals surface area contributed by atoms with E-state index in [1.54, 1.807) is 0 Å². The molecule has 1 rings (SSSR count). The fraction of sp³-hybridized carbons (Fsp3) is 0.333. The average molecular weight is 240 g/mol. The van der Waals surface area contributed by atoms with Gasteiger partial charge in [0.1, 0.15) is 6.04 Å². The van der Waals surface area contributed by atoms with Crippen LogP contribution in [-0.2, 0) is 11.3 Å². The van der Waals surface area contributed by atoms with Crippen LogP contribution < -0.4 is 10.6 Å². The van der Waals surface area contributed by atoms with E-state index in [4.69, 9.17) is 5.11 Å². The lowest BCUT2D eigenvalue weighted by atomic mass is 10.2. The van der Waals surface area contributed by atoms with Crippen molar-refractivity contribution in [2.45, 2.75) is 19.0 Å². The molecule has 0 saturated heterocycles. The average Bonchev–Trinajstić information content (AvgIpc) is 2.78. The van der Waals surface area contributed by atoms with Crippen LogP contribution in [0.25, 0.3) is 0 Å². The Morgan fingerprint density at radius 3 is 2.94 bits per heavy atom. The number of urea groups is 1. The molecule has 0 fully saturated rings. The van der Waals surface area contributed by atoms with Crippen LogP contribution in [0, 0.1) is 0 Å². The standard InChI is InChI=1S/C9H12N4O4/c1-2-3-6(8(14)15)12-9(16)10-4-7-11-5-17-13-7/h2,5-6H,1,3-4H2,(H,14,15)(H2,10,12,16). The number of carboxylic acids is 1. The molecular formula is C9H12N4O4. The summed E-state index contributed by atoms with van der Waals surface area (Å²) in [6.45, 7) is 3.47. The predicted octanol–water partition coefficient (Wildman–Crippen LogP) is -0.102. The summed E-state index contributed by atoms with van der Waals surface area (Å²) < 4.78 is 4.46. The molecule has 2 amide bonds. The number of nitrogens with one attached hydrogen (secondary N) is 2. The molecule has 1 heterocycles. The number of nitrogens with zero attached hydrogens (tertiary/aromatic N) is 2. The van der Waals surface area contributed by atoms with Crippen LogP contribution in [0.4, 0.5) is 4.79 Å². The molecule has 1 atom stereocenters. The van der Waals surface area contributed by atoms with E-state index in [0.29, 0.717) is 5.82 Å². The molecule has 8 nitrogen and oxygen atoms in total. The van der Waals surface area contributed by atoms with E-state index in [0.717, 1.165) is 6.39 Å². The highest BCUT2D eigenvalue weighted by molar-refractivity contribution is 5.82. The molecule has 8 heteroatoms. The normalized spacial score (nSPS) is 11.5. The van der Waals surface area contributed by atoms with E-state index in [9.17, 15) is 9.59 Å². The zero-order valence-corrected chi connectivity index (χ0v) is 8.92. The fourth-order valence-corrected chi connectivity index (χ4v) is 1.03. The zero-order chi connectivity index (χ0) is 12.7. The lowest BCUT2D eigenvalue weighted by molar-refractivity contribution is -0.139. The van der Waals surface area contributed by atoms with Gasteiger partial charge in [-0.15, -0.1) is 6.58 Å². The predicted molar refractivity (Wildman–Crippen MR) is 55.9 cm³/mol. The van der Waals surface area contributed by atoms with Gasteiger partial charge in [0.05, 0.1) is 6.54 Å². The number of aromatic nitrogens is 2. The molecule has 0 aromatic carbocycles. The first-order valence-corrected chi connectivity index (χ1v) is 4.76. The summed E-state index contributed by atoms with van der Waals surface area (Å²) in [7, 11) is 0. The largest absolute Gasteiger partial charge is 0.480 e. The van der Waals surface area contributed by atoms with Gasteiger partial charge in [-0.05, 0) is 6.42 Å². The highest BCUT2D eigenvalue weighted by atomic mass is 16.5. The van der Waals surface area contributed by atoms with Gasteiger partial charge in [0.25, 0.3) is 0 Å². The highest BCUT2D eigenvalue weighted by Gasteiger charge is 2.17. The Morgan fingerprint density at radius 2 is 2.41 bits per heavy atom. The van der Waals surface area contributed by atoms with Crippen molar-refractivity contribution in [3.63, 3.8) is 0 Å². The monoisotopic (exact) mass is 240 g/mol. The molecule has 17 heavy (non-hydrogen) atoms. The second-order valence-corrected chi connectivity index (χ2v) is 3.09. The van der Waals surface area contributed by atoms with Gasteiger partial charge < -0.3 is 20.3 Å². The van der Waals surface area contributed by atoms with Crippen molar-refractivity contribution in [3.05, 3.63) is 24.9 Å². The second-order valence-electron chi connectivity index (χ2n) is 3.09. The lowest BCUT2D eigenvalue weighted by Crippen LogP contribution is -2.45. The summed E-state index contributed by atoms with van der Waals surface area (Å²) in [5.41, 5.74) is 0. The van der Waals surface area contributed by atoms with Crippen molar-refractivity contribution in [3.8, 4) is 0 Å². The third-order valence-corrected chi connectivity index (χ3v) is 1.82. The van der Waals surface area contributed by atoms with Crippen LogP contribution in [0.5, 0.6) is 0 Å². The first-order valence-electron chi connectivity index (χ1n) is 4.76. The minimum atomic E-state index is -1.13. The highest BCUT2D eigenvalue weighted by Crippen LogP contribution is 1.93. The Kier molecular flexibility index (Phi) is 4.67. The summed E-state index contributed by atoms with van der Waals surface area (Å²) in [5.74, 6) is -0.824. The third kappa shape index (κ3) is 4.33. The first kappa shape index (κ1) is 12.7. The van der Waals surface area contributed by atoms with Gasteiger partial charge in [0.15, 0.2) is 5.82 Å². The van der Waals surface area contributed by atoms with Crippen molar-refractivity contribution in [2.75, 3.05) is 0 Å². The van der Waals surface area contributed by atoms with Crippen LogP contribution >= 0.6 is 0 Å². The second kappa shape index (κ2) is 6.26. The number of carbonyl (C=O) groups excluding carboxylic acids is 1. The van der Waals surface area contributed by atoms with Crippen molar-refractivity contribution in [1.29, 1.82) is 0 Å². The van der Waals surface area contributed by atoms with Crippen LogP contribution in [0.3, 0.4) is 0 Å². The maximum atomic E-state index is 11.3. The summed E-state index contributed by atoms with van der Waals surface area (Å²) >= 11 is 0. The Hall–Kier alpha value is -2.38. The number of amides is 2. The number of hydrogen-bond acceptors (Lipinski definition) is 5. The number of aliphatic carboxylic acids is 1. The first-order chi connectivity index (χ1) is 8.13. The number of carbonyl (C=O) groups is 2. The maximum absolute atomic E-state index is 11.3. The molecule has 0 radical (unpaired) electrons. The number of hydrogen-bond donors (Lipinski definition) is 3. The van der Waals surface area contributed by atoms with Crippen molar-refractivity contribution in [2.24, 2.45) is 0 Å². The fourth-order valence-electron chi connectivity index (χ4n) is 1.03. The van der Waals surface area contributed by atoms with E-state index in [-0.39, 0.29) is 13.0 Å². The van der Waals surface area contributed by atoms with Gasteiger partial charge in [-0.3, -0.25) is 0 Å². The zero-order valence-electron chi connectivity index (χ0n) is 8.92.